The minimum atomic E-state index is -0.929. The van der Waals surface area contributed by atoms with Gasteiger partial charge in [0.15, 0.2) is 0 Å². The van der Waals surface area contributed by atoms with Gasteiger partial charge in [-0.15, -0.1) is 0 Å². The second kappa shape index (κ2) is 13.6. The summed E-state index contributed by atoms with van der Waals surface area (Å²) in [6, 6.07) is 19.7. The number of carbonyl (C=O) groups is 4. The lowest BCUT2D eigenvalue weighted by Crippen LogP contribution is -2.46. The number of non-ortho nitro benzene ring substituents is 1. The van der Waals surface area contributed by atoms with E-state index in [2.05, 4.69) is 5.32 Å². The van der Waals surface area contributed by atoms with E-state index in [9.17, 15) is 29.3 Å². The highest BCUT2D eigenvalue weighted by Gasteiger charge is 2.47. The van der Waals surface area contributed by atoms with Crippen molar-refractivity contribution in [1.82, 2.24) is 10.2 Å². The number of para-hydroxylation sites is 1. The van der Waals surface area contributed by atoms with E-state index in [0.717, 1.165) is 0 Å². The number of esters is 2. The van der Waals surface area contributed by atoms with Crippen LogP contribution in [0.5, 0.6) is 11.5 Å². The van der Waals surface area contributed by atoms with Crippen molar-refractivity contribution >= 4 is 29.4 Å². The third kappa shape index (κ3) is 7.94. The molecule has 12 nitrogen and oxygen atoms in total. The third-order valence-electron chi connectivity index (χ3n) is 6.85. The lowest BCUT2D eigenvalue weighted by atomic mass is 9.89. The highest BCUT2D eigenvalue weighted by molar-refractivity contribution is 5.97. The Labute approximate surface area is 247 Å². The van der Waals surface area contributed by atoms with E-state index in [1.54, 1.807) is 38.1 Å². The number of likely N-dealkylation sites (tertiary alicyclic amines) is 1. The molecule has 0 bridgehead atoms. The van der Waals surface area contributed by atoms with E-state index < -0.39 is 40.1 Å². The first-order valence-electron chi connectivity index (χ1n) is 13.6. The van der Waals surface area contributed by atoms with E-state index in [1.165, 1.54) is 29.2 Å². The van der Waals surface area contributed by atoms with Crippen LogP contribution in [0, 0.1) is 15.5 Å². The van der Waals surface area contributed by atoms with Crippen LogP contribution in [0.4, 0.5) is 5.69 Å². The topological polar surface area (TPSA) is 154 Å². The summed E-state index contributed by atoms with van der Waals surface area (Å²) in [6.45, 7) is 3.13. The summed E-state index contributed by atoms with van der Waals surface area (Å²) in [7, 11) is 0. The van der Waals surface area contributed by atoms with Crippen LogP contribution in [-0.2, 0) is 19.1 Å². The molecule has 0 aliphatic carbocycles. The Morgan fingerprint density at radius 3 is 2.19 bits per heavy atom. The van der Waals surface area contributed by atoms with Gasteiger partial charge < -0.3 is 24.4 Å². The Hall–Kier alpha value is -5.26. The van der Waals surface area contributed by atoms with E-state index in [4.69, 9.17) is 14.2 Å². The van der Waals surface area contributed by atoms with Gasteiger partial charge in [-0.3, -0.25) is 19.7 Å². The number of hydrogen-bond acceptors (Lipinski definition) is 9. The molecule has 1 aliphatic rings. The zero-order valence-corrected chi connectivity index (χ0v) is 23.7. The molecule has 43 heavy (non-hydrogen) atoms. The van der Waals surface area contributed by atoms with Gasteiger partial charge in [0.1, 0.15) is 17.5 Å². The summed E-state index contributed by atoms with van der Waals surface area (Å²) >= 11 is 0. The summed E-state index contributed by atoms with van der Waals surface area (Å²) in [4.78, 5) is 62.9. The molecule has 1 heterocycles. The van der Waals surface area contributed by atoms with E-state index in [1.807, 2.05) is 30.3 Å². The first-order valence-corrected chi connectivity index (χ1v) is 13.6. The molecule has 4 rings (SSSR count). The molecule has 12 heteroatoms. The standard InChI is InChI=1S/C31H31N3O9/c1-3-41-30(38)26-17-31(2,20-42-29(37)22-9-13-23(14-10-22)34(39)40)19-33(26)27(35)18-32-28(36)21-11-15-25(16-12-21)43-24-7-5-4-6-8-24/h4-16,26H,3,17-20H2,1-2H3,(H,32,36)/t26-,31-/m0/s1. The summed E-state index contributed by atoms with van der Waals surface area (Å²) < 4.78 is 16.4. The molecule has 1 N–H and O–H groups in total. The van der Waals surface area contributed by atoms with Crippen LogP contribution in [-0.4, -0.2) is 65.9 Å². The monoisotopic (exact) mass is 589 g/mol. The average Bonchev–Trinajstić information content (AvgIpc) is 3.37. The Morgan fingerprint density at radius 1 is 0.930 bits per heavy atom. The predicted molar refractivity (Wildman–Crippen MR) is 154 cm³/mol. The fourth-order valence-corrected chi connectivity index (χ4v) is 4.68. The minimum Gasteiger partial charge on any atom is -0.464 e. The molecule has 0 spiro atoms. The van der Waals surface area contributed by atoms with Gasteiger partial charge in [-0.25, -0.2) is 9.59 Å². The van der Waals surface area contributed by atoms with Crippen LogP contribution in [0.25, 0.3) is 0 Å². The van der Waals surface area contributed by atoms with Gasteiger partial charge in [0.05, 0.1) is 30.2 Å². The summed E-state index contributed by atoms with van der Waals surface area (Å²) in [6.07, 6.45) is 0.169. The number of hydrogen-bond donors (Lipinski definition) is 1. The Bertz CT molecular complexity index is 1480. The van der Waals surface area contributed by atoms with Crippen molar-refractivity contribution in [2.45, 2.75) is 26.3 Å². The average molecular weight is 590 g/mol. The summed E-state index contributed by atoms with van der Waals surface area (Å²) in [5.41, 5.74) is -0.502. The van der Waals surface area contributed by atoms with Crippen molar-refractivity contribution in [3.05, 3.63) is 100 Å². The normalized spacial score (nSPS) is 17.5. The number of nitro benzene ring substituents is 1. The van der Waals surface area contributed by atoms with Crippen molar-refractivity contribution in [2.24, 2.45) is 5.41 Å². The first-order chi connectivity index (χ1) is 20.6. The van der Waals surface area contributed by atoms with Crippen molar-refractivity contribution in [1.29, 1.82) is 0 Å². The molecule has 0 aromatic heterocycles. The molecule has 0 unspecified atom stereocenters. The number of rotatable bonds is 11. The molecule has 2 amide bonds. The quantitative estimate of drug-likeness (QED) is 0.197. The highest BCUT2D eigenvalue weighted by Crippen LogP contribution is 2.36. The van der Waals surface area contributed by atoms with Crippen molar-refractivity contribution in [3.63, 3.8) is 0 Å². The van der Waals surface area contributed by atoms with Gasteiger partial charge in [0.2, 0.25) is 5.91 Å². The predicted octanol–water partition coefficient (Wildman–Crippen LogP) is 4.14. The third-order valence-corrected chi connectivity index (χ3v) is 6.85. The van der Waals surface area contributed by atoms with Gasteiger partial charge in [-0.1, -0.05) is 25.1 Å². The van der Waals surface area contributed by atoms with Crippen molar-refractivity contribution < 1.29 is 38.3 Å². The molecule has 1 saturated heterocycles. The number of ether oxygens (including phenoxy) is 3. The summed E-state index contributed by atoms with van der Waals surface area (Å²) in [5.74, 6) is -1.07. The molecule has 0 radical (unpaired) electrons. The molecule has 0 saturated carbocycles. The Balaban J connectivity index is 1.35. The van der Waals surface area contributed by atoms with Gasteiger partial charge in [-0.05, 0) is 61.9 Å². The van der Waals surface area contributed by atoms with Crippen LogP contribution >= 0.6 is 0 Å². The zero-order valence-electron chi connectivity index (χ0n) is 23.7. The number of nitrogens with zero attached hydrogens (tertiary/aromatic N) is 2. The van der Waals surface area contributed by atoms with Crippen LogP contribution in [0.1, 0.15) is 41.0 Å². The maximum atomic E-state index is 13.2. The second-order valence-corrected chi connectivity index (χ2v) is 10.3. The molecule has 1 aliphatic heterocycles. The second-order valence-electron chi connectivity index (χ2n) is 10.3. The minimum absolute atomic E-state index is 0.0737. The van der Waals surface area contributed by atoms with Crippen LogP contribution in [0.2, 0.25) is 0 Å². The maximum Gasteiger partial charge on any atom is 0.338 e. The van der Waals surface area contributed by atoms with Gasteiger partial charge in [0.25, 0.3) is 11.6 Å². The molecule has 3 aromatic carbocycles. The lowest BCUT2D eigenvalue weighted by molar-refractivity contribution is -0.384. The Kier molecular flexibility index (Phi) is 9.71. The highest BCUT2D eigenvalue weighted by atomic mass is 16.6. The molecule has 1 fully saturated rings. The van der Waals surface area contributed by atoms with Crippen LogP contribution < -0.4 is 10.1 Å². The van der Waals surface area contributed by atoms with Gasteiger partial charge >= 0.3 is 11.9 Å². The number of carbonyl (C=O) groups excluding carboxylic acids is 4. The van der Waals surface area contributed by atoms with E-state index >= 15 is 0 Å². The number of benzene rings is 3. The number of amides is 2. The van der Waals surface area contributed by atoms with Crippen LogP contribution in [0.15, 0.2) is 78.9 Å². The van der Waals surface area contributed by atoms with Crippen molar-refractivity contribution in [3.8, 4) is 11.5 Å². The summed E-state index contributed by atoms with van der Waals surface area (Å²) in [5, 5.41) is 13.4. The van der Waals surface area contributed by atoms with Gasteiger partial charge in [0, 0.05) is 29.7 Å². The lowest BCUT2D eigenvalue weighted by Gasteiger charge is -2.25. The SMILES string of the molecule is CCOC(=O)[C@@H]1C[C@](C)(COC(=O)c2ccc([N+](=O)[O-])cc2)CN1C(=O)CNC(=O)c1ccc(Oc2ccccc2)cc1. The first kappa shape index (κ1) is 30.7. The Morgan fingerprint density at radius 2 is 1.56 bits per heavy atom. The molecule has 2 atom stereocenters. The number of nitro groups is 1. The fraction of sp³-hybridized carbons (Fsp3) is 0.290. The smallest absolute Gasteiger partial charge is 0.338 e. The zero-order chi connectivity index (χ0) is 31.0. The van der Waals surface area contributed by atoms with Gasteiger partial charge in [-0.2, -0.15) is 0 Å². The largest absolute Gasteiger partial charge is 0.464 e. The fourth-order valence-electron chi connectivity index (χ4n) is 4.68. The molecular formula is C31H31N3O9. The van der Waals surface area contributed by atoms with Crippen molar-refractivity contribution in [2.75, 3.05) is 26.3 Å². The van der Waals surface area contributed by atoms with E-state index in [0.29, 0.717) is 17.1 Å². The molecule has 224 valence electrons. The maximum absolute atomic E-state index is 13.2. The van der Waals surface area contributed by atoms with E-state index in [-0.39, 0.29) is 44.0 Å². The van der Waals surface area contributed by atoms with Crippen LogP contribution in [0.3, 0.4) is 0 Å². The molecular weight excluding hydrogens is 558 g/mol. The molecule has 3 aromatic rings. The number of nitrogens with one attached hydrogen (secondary N) is 1.